The van der Waals surface area contributed by atoms with Crippen LogP contribution >= 0.6 is 24.8 Å². The number of benzene rings is 2. The molecule has 0 unspecified atom stereocenters. The second-order valence-corrected chi connectivity index (χ2v) is 6.49. The van der Waals surface area contributed by atoms with E-state index in [-0.39, 0.29) is 24.8 Å². The van der Waals surface area contributed by atoms with Gasteiger partial charge in [0.25, 0.3) is 0 Å². The number of rotatable bonds is 4. The van der Waals surface area contributed by atoms with E-state index in [1.807, 2.05) is 18.3 Å². The average Bonchev–Trinajstić information content (AvgIpc) is 3.51. The first-order valence-corrected chi connectivity index (χ1v) is 9.07. The summed E-state index contributed by atoms with van der Waals surface area (Å²) in [6.07, 6.45) is 1.95. The highest BCUT2D eigenvalue weighted by molar-refractivity contribution is 6.00. The molecule has 3 heterocycles. The first kappa shape index (κ1) is 20.8. The number of hydrogen-bond donors (Lipinski definition) is 2. The predicted molar refractivity (Wildman–Crippen MR) is 120 cm³/mol. The van der Waals surface area contributed by atoms with E-state index < -0.39 is 0 Å². The Kier molecular flexibility index (Phi) is 6.51. The van der Waals surface area contributed by atoms with Gasteiger partial charge in [0.2, 0.25) is 0 Å². The van der Waals surface area contributed by atoms with Crippen LogP contribution in [0.5, 0.6) is 0 Å². The molecule has 0 saturated carbocycles. The molecule has 2 aliphatic rings. The number of halogens is 2. The molecule has 0 amide bonds. The van der Waals surface area contributed by atoms with Crippen molar-refractivity contribution in [2.24, 2.45) is 9.98 Å². The Hall–Kier alpha value is -2.90. The molecule has 2 aromatic carbocycles. The summed E-state index contributed by atoms with van der Waals surface area (Å²) in [5.41, 5.74) is 5.04. The van der Waals surface area contributed by atoms with Gasteiger partial charge in [-0.15, -0.1) is 29.9 Å². The smallest absolute Gasteiger partial charge is 0.128 e. The Morgan fingerprint density at radius 2 is 1.21 bits per heavy atom. The molecule has 0 atom stereocenters. The van der Waals surface area contributed by atoms with E-state index in [0.717, 1.165) is 65.9 Å². The zero-order valence-electron chi connectivity index (χ0n) is 15.6. The molecule has 150 valence electrons. The third kappa shape index (κ3) is 4.26. The number of nitrogens with one attached hydrogen (secondary N) is 2. The minimum Gasteiger partial charge on any atom is -0.368 e. The molecule has 0 fully saturated rings. The van der Waals surface area contributed by atoms with Crippen molar-refractivity contribution in [1.29, 1.82) is 0 Å². The lowest BCUT2D eigenvalue weighted by atomic mass is 10.1. The molecule has 9 heteroatoms. The van der Waals surface area contributed by atoms with Crippen molar-refractivity contribution in [3.63, 3.8) is 0 Å². The molecule has 1 aromatic heterocycles. The Labute approximate surface area is 181 Å². The molecule has 0 bridgehead atoms. The fourth-order valence-electron chi connectivity index (χ4n) is 3.28. The molecule has 29 heavy (non-hydrogen) atoms. The van der Waals surface area contributed by atoms with E-state index in [1.54, 1.807) is 4.68 Å². The Morgan fingerprint density at radius 3 is 1.72 bits per heavy atom. The highest BCUT2D eigenvalue weighted by Gasteiger charge is 2.11. The molecule has 7 nitrogen and oxygen atoms in total. The van der Waals surface area contributed by atoms with Crippen molar-refractivity contribution in [3.05, 3.63) is 65.9 Å². The van der Waals surface area contributed by atoms with Crippen molar-refractivity contribution in [1.82, 2.24) is 25.6 Å². The van der Waals surface area contributed by atoms with Crippen molar-refractivity contribution in [2.75, 3.05) is 26.2 Å². The highest BCUT2D eigenvalue weighted by atomic mass is 35.5. The average molecular weight is 430 g/mol. The van der Waals surface area contributed by atoms with Gasteiger partial charge in [0.1, 0.15) is 17.4 Å². The largest absolute Gasteiger partial charge is 0.368 e. The molecule has 0 spiro atoms. The predicted octanol–water partition coefficient (Wildman–Crippen LogP) is 2.48. The van der Waals surface area contributed by atoms with E-state index >= 15 is 0 Å². The minimum atomic E-state index is 0. The van der Waals surface area contributed by atoms with Gasteiger partial charge in [0.05, 0.1) is 25.0 Å². The number of amidine groups is 2. The van der Waals surface area contributed by atoms with Gasteiger partial charge in [-0.2, -0.15) is 0 Å². The quantitative estimate of drug-likeness (QED) is 0.667. The molecule has 0 saturated heterocycles. The van der Waals surface area contributed by atoms with E-state index in [0.29, 0.717) is 0 Å². The molecule has 0 aliphatic carbocycles. The van der Waals surface area contributed by atoms with Crippen LogP contribution in [0.15, 0.2) is 64.7 Å². The summed E-state index contributed by atoms with van der Waals surface area (Å²) in [5.74, 6) is 1.92. The van der Waals surface area contributed by atoms with Gasteiger partial charge in [-0.05, 0) is 24.3 Å². The standard InChI is InChI=1S/C20H19N7.2ClH/c1-3-15(19-21-9-10-22-19)4-2-14(1)18-13-27(26-25-18)17-7-5-16(6-8-17)20-23-11-12-24-20;;/h1-8,13H,9-12H2,(H,21,22)(H,23,24);2*1H. The van der Waals surface area contributed by atoms with E-state index in [1.165, 1.54) is 0 Å². The highest BCUT2D eigenvalue weighted by Crippen LogP contribution is 2.19. The molecule has 2 N–H and O–H groups in total. The molecule has 2 aliphatic heterocycles. The second kappa shape index (κ2) is 9.07. The molecule has 5 rings (SSSR count). The summed E-state index contributed by atoms with van der Waals surface area (Å²) in [6.45, 7) is 3.50. The minimum absolute atomic E-state index is 0. The van der Waals surface area contributed by atoms with Crippen LogP contribution in [0.4, 0.5) is 0 Å². The molecular weight excluding hydrogens is 409 g/mol. The van der Waals surface area contributed by atoms with Gasteiger partial charge in [0, 0.05) is 29.8 Å². The Balaban J connectivity index is 0.00000120. The topological polar surface area (TPSA) is 79.5 Å². The van der Waals surface area contributed by atoms with Crippen molar-refractivity contribution in [2.45, 2.75) is 0 Å². The van der Waals surface area contributed by atoms with E-state index in [9.17, 15) is 0 Å². The van der Waals surface area contributed by atoms with E-state index in [4.69, 9.17) is 0 Å². The molecular formula is C20H21Cl2N7. The fraction of sp³-hybridized carbons (Fsp3) is 0.200. The van der Waals surface area contributed by atoms with Gasteiger partial charge >= 0.3 is 0 Å². The zero-order chi connectivity index (χ0) is 18.1. The number of hydrogen-bond acceptors (Lipinski definition) is 6. The summed E-state index contributed by atoms with van der Waals surface area (Å²) >= 11 is 0. The first-order chi connectivity index (χ1) is 13.4. The summed E-state index contributed by atoms with van der Waals surface area (Å²) in [4.78, 5) is 8.89. The maximum absolute atomic E-state index is 4.45. The summed E-state index contributed by atoms with van der Waals surface area (Å²) in [7, 11) is 0. The molecule has 3 aromatic rings. The summed E-state index contributed by atoms with van der Waals surface area (Å²) in [5, 5.41) is 15.2. The third-order valence-electron chi connectivity index (χ3n) is 4.70. The zero-order valence-corrected chi connectivity index (χ0v) is 17.2. The van der Waals surface area contributed by atoms with Crippen LogP contribution in [0.25, 0.3) is 16.9 Å². The summed E-state index contributed by atoms with van der Waals surface area (Å²) < 4.78 is 1.79. The van der Waals surface area contributed by atoms with Gasteiger partial charge < -0.3 is 10.6 Å². The van der Waals surface area contributed by atoms with Gasteiger partial charge in [-0.25, -0.2) is 4.68 Å². The van der Waals surface area contributed by atoms with Crippen LogP contribution in [-0.2, 0) is 0 Å². The molecule has 0 radical (unpaired) electrons. The lowest BCUT2D eigenvalue weighted by molar-refractivity contribution is 0.804. The lowest BCUT2D eigenvalue weighted by Crippen LogP contribution is -2.19. The third-order valence-corrected chi connectivity index (χ3v) is 4.70. The fourth-order valence-corrected chi connectivity index (χ4v) is 3.28. The lowest BCUT2D eigenvalue weighted by Gasteiger charge is -2.04. The monoisotopic (exact) mass is 429 g/mol. The Bertz CT molecular complexity index is 942. The Morgan fingerprint density at radius 1 is 0.690 bits per heavy atom. The van der Waals surface area contributed by atoms with E-state index in [2.05, 4.69) is 67.3 Å². The first-order valence-electron chi connectivity index (χ1n) is 9.07. The maximum Gasteiger partial charge on any atom is 0.128 e. The van der Waals surface area contributed by atoms with Crippen molar-refractivity contribution in [3.8, 4) is 16.9 Å². The van der Waals surface area contributed by atoms with Crippen LogP contribution in [0.3, 0.4) is 0 Å². The normalized spacial score (nSPS) is 14.8. The number of aromatic nitrogens is 3. The van der Waals surface area contributed by atoms with Crippen molar-refractivity contribution >= 4 is 36.5 Å². The maximum atomic E-state index is 4.45. The van der Waals surface area contributed by atoms with Gasteiger partial charge in [-0.3, -0.25) is 9.98 Å². The van der Waals surface area contributed by atoms with Crippen LogP contribution in [0.2, 0.25) is 0 Å². The van der Waals surface area contributed by atoms with Crippen LogP contribution in [0.1, 0.15) is 11.1 Å². The van der Waals surface area contributed by atoms with Crippen LogP contribution in [0, 0.1) is 0 Å². The second-order valence-electron chi connectivity index (χ2n) is 6.49. The van der Waals surface area contributed by atoms with Gasteiger partial charge in [-0.1, -0.05) is 29.5 Å². The SMILES string of the molecule is Cl.Cl.c1cc(-c2cn(-c3ccc(C4=NCCN4)cc3)nn2)ccc1C1=NCCN1. The van der Waals surface area contributed by atoms with Crippen molar-refractivity contribution < 1.29 is 0 Å². The van der Waals surface area contributed by atoms with Crippen LogP contribution < -0.4 is 10.6 Å². The number of aliphatic imine (C=N–C) groups is 2. The van der Waals surface area contributed by atoms with Crippen LogP contribution in [-0.4, -0.2) is 52.8 Å². The summed E-state index contributed by atoms with van der Waals surface area (Å²) in [6, 6.07) is 16.4. The van der Waals surface area contributed by atoms with Gasteiger partial charge in [0.15, 0.2) is 0 Å². The number of nitrogens with zero attached hydrogens (tertiary/aromatic N) is 5.